The third-order valence-corrected chi connectivity index (χ3v) is 6.83. The Bertz CT molecular complexity index is 1440. The Labute approximate surface area is 225 Å². The van der Waals surface area contributed by atoms with Gasteiger partial charge in [0, 0.05) is 25.3 Å². The molecule has 0 bridgehead atoms. The number of halogens is 1. The van der Waals surface area contributed by atoms with Gasteiger partial charge in [-0.1, -0.05) is 47.7 Å². The molecule has 2 atom stereocenters. The fraction of sp³-hybridized carbons (Fsp3) is 0.310. The van der Waals surface area contributed by atoms with Crippen molar-refractivity contribution in [2.45, 2.75) is 38.1 Å². The fourth-order valence-corrected chi connectivity index (χ4v) is 4.77. The van der Waals surface area contributed by atoms with Crippen molar-refractivity contribution >= 4 is 22.8 Å². The van der Waals surface area contributed by atoms with Crippen LogP contribution in [-0.2, 0) is 27.4 Å². The monoisotopic (exact) mass is 531 g/mol. The second kappa shape index (κ2) is 12.0. The number of rotatable bonds is 10. The third kappa shape index (κ3) is 6.06. The molecule has 4 aromatic rings. The molecule has 9 nitrogen and oxygen atoms in total. The van der Waals surface area contributed by atoms with Crippen molar-refractivity contribution in [1.29, 1.82) is 0 Å². The van der Waals surface area contributed by atoms with E-state index in [0.717, 1.165) is 18.4 Å². The smallest absolute Gasteiger partial charge is 0.247 e. The maximum Gasteiger partial charge on any atom is 0.247 e. The minimum Gasteiger partial charge on any atom is -0.497 e. The van der Waals surface area contributed by atoms with Crippen LogP contribution in [0.3, 0.4) is 0 Å². The van der Waals surface area contributed by atoms with Crippen molar-refractivity contribution in [1.82, 2.24) is 25.2 Å². The maximum absolute atomic E-state index is 15.2. The van der Waals surface area contributed by atoms with Crippen LogP contribution < -0.4 is 10.1 Å². The molecule has 2 heterocycles. The molecule has 39 heavy (non-hydrogen) atoms. The van der Waals surface area contributed by atoms with E-state index < -0.39 is 23.7 Å². The first kappa shape index (κ1) is 26.3. The average molecular weight is 532 g/mol. The van der Waals surface area contributed by atoms with Crippen LogP contribution in [0.5, 0.6) is 5.75 Å². The molecular formula is C29H30FN5O4. The molecule has 0 saturated carbocycles. The molecule has 1 aliphatic heterocycles. The van der Waals surface area contributed by atoms with Crippen LogP contribution in [0.2, 0.25) is 0 Å². The summed E-state index contributed by atoms with van der Waals surface area (Å²) in [5.74, 6) is -0.818. The lowest BCUT2D eigenvalue weighted by Crippen LogP contribution is -2.46. The zero-order chi connectivity index (χ0) is 27.2. The summed E-state index contributed by atoms with van der Waals surface area (Å²) in [6.07, 6.45) is 1.64. The number of benzene rings is 3. The topological polar surface area (TPSA) is 98.6 Å². The summed E-state index contributed by atoms with van der Waals surface area (Å²) < 4.78 is 27.6. The molecular weight excluding hydrogens is 501 g/mol. The van der Waals surface area contributed by atoms with Crippen molar-refractivity contribution in [2.24, 2.45) is 0 Å². The molecule has 1 fully saturated rings. The molecule has 0 aliphatic carbocycles. The quantitative estimate of drug-likeness (QED) is 0.336. The Hall–Kier alpha value is -4.31. The van der Waals surface area contributed by atoms with Gasteiger partial charge >= 0.3 is 0 Å². The number of hydrogen-bond acceptors (Lipinski definition) is 6. The lowest BCUT2D eigenvalue weighted by Gasteiger charge is -2.32. The van der Waals surface area contributed by atoms with E-state index in [-0.39, 0.29) is 31.3 Å². The van der Waals surface area contributed by atoms with Crippen molar-refractivity contribution in [2.75, 3.05) is 20.3 Å². The summed E-state index contributed by atoms with van der Waals surface area (Å²) in [4.78, 5) is 29.1. The van der Waals surface area contributed by atoms with E-state index in [1.807, 2.05) is 30.3 Å². The summed E-state index contributed by atoms with van der Waals surface area (Å²) >= 11 is 0. The van der Waals surface area contributed by atoms with Crippen LogP contribution in [0, 0.1) is 5.82 Å². The van der Waals surface area contributed by atoms with Gasteiger partial charge in [0.05, 0.1) is 18.7 Å². The van der Waals surface area contributed by atoms with Gasteiger partial charge in [-0.3, -0.25) is 9.59 Å². The Morgan fingerprint density at radius 1 is 1.13 bits per heavy atom. The lowest BCUT2D eigenvalue weighted by atomic mass is 10.0. The van der Waals surface area contributed by atoms with E-state index >= 15 is 4.39 Å². The SMILES string of the molecule is COc1ccc(CN(C(=O)Cn2nnc3ccccc32)C(C(=O)NCC2CCCO2)c2ccccc2F)cc1. The number of aromatic nitrogens is 3. The Morgan fingerprint density at radius 3 is 2.64 bits per heavy atom. The standard InChI is InChI=1S/C29H30FN5O4/c1-38-21-14-12-20(13-15-21)18-34(27(36)19-35-26-11-5-4-10-25(26)32-33-35)28(23-8-2-3-9-24(23)30)29(37)31-17-22-7-6-16-39-22/h2-5,8-15,22,28H,6-7,16-19H2,1H3,(H,31,37). The van der Waals surface area contributed by atoms with E-state index in [4.69, 9.17) is 9.47 Å². The fourth-order valence-electron chi connectivity index (χ4n) is 4.77. The Morgan fingerprint density at radius 2 is 1.90 bits per heavy atom. The minimum absolute atomic E-state index is 0.0573. The van der Waals surface area contributed by atoms with Gasteiger partial charge in [0.25, 0.3) is 0 Å². The predicted octanol–water partition coefficient (Wildman–Crippen LogP) is 3.64. The summed E-state index contributed by atoms with van der Waals surface area (Å²) in [5.41, 5.74) is 2.18. The van der Waals surface area contributed by atoms with E-state index in [9.17, 15) is 9.59 Å². The van der Waals surface area contributed by atoms with Crippen molar-refractivity contribution in [3.8, 4) is 5.75 Å². The van der Waals surface area contributed by atoms with Gasteiger partial charge in [-0.25, -0.2) is 9.07 Å². The molecule has 5 rings (SSSR count). The maximum atomic E-state index is 15.2. The number of methoxy groups -OCH3 is 1. The highest BCUT2D eigenvalue weighted by atomic mass is 19.1. The molecule has 1 aliphatic rings. The first-order valence-corrected chi connectivity index (χ1v) is 12.9. The van der Waals surface area contributed by atoms with Gasteiger partial charge in [-0.05, 0) is 48.7 Å². The molecule has 0 radical (unpaired) electrons. The summed E-state index contributed by atoms with van der Waals surface area (Å²) in [6, 6.07) is 19.3. The number of carbonyl (C=O) groups excluding carboxylic acids is 2. The number of amides is 2. The number of ether oxygens (including phenoxy) is 2. The van der Waals surface area contributed by atoms with Crippen LogP contribution in [-0.4, -0.2) is 58.1 Å². The van der Waals surface area contributed by atoms with E-state index in [2.05, 4.69) is 15.6 Å². The normalized spacial score (nSPS) is 15.7. The molecule has 202 valence electrons. The second-order valence-corrected chi connectivity index (χ2v) is 9.41. The molecule has 1 aromatic heterocycles. The van der Waals surface area contributed by atoms with Gasteiger partial charge < -0.3 is 19.7 Å². The zero-order valence-corrected chi connectivity index (χ0v) is 21.6. The summed E-state index contributed by atoms with van der Waals surface area (Å²) in [7, 11) is 1.57. The van der Waals surface area contributed by atoms with E-state index in [1.54, 1.807) is 37.4 Å². The van der Waals surface area contributed by atoms with E-state index in [0.29, 0.717) is 23.4 Å². The van der Waals surface area contributed by atoms with Crippen LogP contribution in [0.4, 0.5) is 4.39 Å². The Kier molecular flexibility index (Phi) is 8.12. The number of nitrogens with zero attached hydrogens (tertiary/aromatic N) is 4. The summed E-state index contributed by atoms with van der Waals surface area (Å²) in [6.45, 7) is 0.801. The molecule has 10 heteroatoms. The van der Waals surface area contributed by atoms with Crippen LogP contribution in [0.1, 0.15) is 30.0 Å². The number of para-hydroxylation sites is 1. The van der Waals surface area contributed by atoms with Crippen LogP contribution >= 0.6 is 0 Å². The predicted molar refractivity (Wildman–Crippen MR) is 142 cm³/mol. The highest BCUT2D eigenvalue weighted by molar-refractivity contribution is 5.89. The van der Waals surface area contributed by atoms with Crippen molar-refractivity contribution in [3.63, 3.8) is 0 Å². The van der Waals surface area contributed by atoms with Gasteiger partial charge in [-0.15, -0.1) is 5.10 Å². The average Bonchev–Trinajstić information content (AvgIpc) is 3.63. The van der Waals surface area contributed by atoms with Gasteiger partial charge in [0.1, 0.15) is 29.7 Å². The van der Waals surface area contributed by atoms with Crippen molar-refractivity contribution in [3.05, 3.63) is 89.7 Å². The molecule has 2 amide bonds. The number of hydrogen-bond donors (Lipinski definition) is 1. The molecule has 1 N–H and O–H groups in total. The number of fused-ring (bicyclic) bond motifs is 1. The second-order valence-electron chi connectivity index (χ2n) is 9.41. The van der Waals surface area contributed by atoms with Crippen LogP contribution in [0.25, 0.3) is 11.0 Å². The number of carbonyl (C=O) groups is 2. The lowest BCUT2D eigenvalue weighted by molar-refractivity contribution is -0.142. The highest BCUT2D eigenvalue weighted by Crippen LogP contribution is 2.27. The first-order valence-electron chi connectivity index (χ1n) is 12.9. The van der Waals surface area contributed by atoms with Crippen LogP contribution in [0.15, 0.2) is 72.8 Å². The van der Waals surface area contributed by atoms with Gasteiger partial charge in [0.2, 0.25) is 11.8 Å². The number of nitrogens with one attached hydrogen (secondary N) is 1. The van der Waals surface area contributed by atoms with Gasteiger partial charge in [-0.2, -0.15) is 0 Å². The largest absolute Gasteiger partial charge is 0.497 e. The Balaban J connectivity index is 1.50. The molecule has 2 unspecified atom stereocenters. The van der Waals surface area contributed by atoms with E-state index in [1.165, 1.54) is 21.7 Å². The zero-order valence-electron chi connectivity index (χ0n) is 21.6. The molecule has 0 spiro atoms. The first-order chi connectivity index (χ1) is 19.0. The molecule has 3 aromatic carbocycles. The van der Waals surface area contributed by atoms with Gasteiger partial charge in [0.15, 0.2) is 0 Å². The third-order valence-electron chi connectivity index (χ3n) is 6.83. The molecule has 1 saturated heterocycles. The summed E-state index contributed by atoms with van der Waals surface area (Å²) in [5, 5.41) is 11.2. The minimum atomic E-state index is -1.23. The highest BCUT2D eigenvalue weighted by Gasteiger charge is 2.34. The van der Waals surface area contributed by atoms with Crippen molar-refractivity contribution < 1.29 is 23.5 Å².